The second kappa shape index (κ2) is 8.34. The lowest BCUT2D eigenvalue weighted by molar-refractivity contribution is -0.129. The molecular formula is C23H20ClNO5. The lowest BCUT2D eigenvalue weighted by Gasteiger charge is -2.26. The summed E-state index contributed by atoms with van der Waals surface area (Å²) in [5.74, 6) is -1.62. The molecule has 2 aromatic carbocycles. The molecule has 0 aliphatic carbocycles. The third-order valence-corrected chi connectivity index (χ3v) is 5.35. The molecule has 1 amide bonds. The van der Waals surface area contributed by atoms with Crippen LogP contribution in [0.4, 0.5) is 0 Å². The van der Waals surface area contributed by atoms with Crippen LogP contribution in [-0.4, -0.2) is 42.0 Å². The number of rotatable bonds is 7. The molecule has 0 bridgehead atoms. The molecule has 7 heteroatoms. The second-order valence-corrected chi connectivity index (χ2v) is 7.48. The normalized spacial score (nSPS) is 16.7. The molecule has 1 atom stereocenters. The molecular weight excluding hydrogens is 406 g/mol. The summed E-state index contributed by atoms with van der Waals surface area (Å²) in [5, 5.41) is 11.8. The third kappa shape index (κ3) is 3.60. The van der Waals surface area contributed by atoms with Crippen molar-refractivity contribution in [2.75, 3.05) is 20.3 Å². The van der Waals surface area contributed by atoms with E-state index in [9.17, 15) is 14.7 Å². The molecule has 3 aromatic rings. The van der Waals surface area contributed by atoms with E-state index in [0.717, 1.165) is 5.56 Å². The molecule has 0 saturated heterocycles. The molecule has 1 N–H and O–H groups in total. The van der Waals surface area contributed by atoms with Crippen molar-refractivity contribution in [3.05, 3.63) is 82.3 Å². The Morgan fingerprint density at radius 1 is 1.20 bits per heavy atom. The number of aliphatic hydroxyl groups is 1. The van der Waals surface area contributed by atoms with Crippen LogP contribution in [0, 0.1) is 0 Å². The topological polar surface area (TPSA) is 80.0 Å². The molecule has 1 aromatic heterocycles. The van der Waals surface area contributed by atoms with E-state index in [1.54, 1.807) is 31.4 Å². The number of hydrogen-bond donors (Lipinski definition) is 1. The molecule has 1 aliphatic heterocycles. The van der Waals surface area contributed by atoms with Crippen LogP contribution in [0.3, 0.4) is 0 Å². The molecule has 1 aliphatic rings. The number of ketones is 1. The van der Waals surface area contributed by atoms with Gasteiger partial charge in [-0.05, 0) is 36.2 Å². The molecule has 30 heavy (non-hydrogen) atoms. The molecule has 6 nitrogen and oxygen atoms in total. The maximum atomic E-state index is 13.4. The molecule has 0 radical (unpaired) electrons. The smallest absolute Gasteiger partial charge is 0.290 e. The highest BCUT2D eigenvalue weighted by atomic mass is 35.5. The zero-order valence-corrected chi connectivity index (χ0v) is 17.1. The number of furan rings is 1. The first kappa shape index (κ1) is 20.2. The van der Waals surface area contributed by atoms with Gasteiger partial charge in [-0.25, -0.2) is 0 Å². The van der Waals surface area contributed by atoms with Crippen molar-refractivity contribution in [2.45, 2.75) is 12.5 Å². The van der Waals surface area contributed by atoms with Gasteiger partial charge < -0.3 is 19.2 Å². The Labute approximate surface area is 178 Å². The van der Waals surface area contributed by atoms with E-state index in [4.69, 9.17) is 20.8 Å². The number of ether oxygens (including phenoxy) is 1. The van der Waals surface area contributed by atoms with Gasteiger partial charge in [0.05, 0.1) is 11.6 Å². The van der Waals surface area contributed by atoms with Gasteiger partial charge in [0.15, 0.2) is 11.5 Å². The summed E-state index contributed by atoms with van der Waals surface area (Å²) in [7, 11) is 1.58. The van der Waals surface area contributed by atoms with Crippen molar-refractivity contribution in [2.24, 2.45) is 0 Å². The van der Waals surface area contributed by atoms with Gasteiger partial charge in [0.25, 0.3) is 5.91 Å². The second-order valence-electron chi connectivity index (χ2n) is 7.04. The maximum Gasteiger partial charge on any atom is 0.290 e. The molecule has 4 rings (SSSR count). The first-order valence-electron chi connectivity index (χ1n) is 9.53. The summed E-state index contributed by atoms with van der Waals surface area (Å²) in [6, 6.07) is 15.1. The van der Waals surface area contributed by atoms with Crippen LogP contribution < -0.4 is 0 Å². The lowest BCUT2D eigenvalue weighted by Crippen LogP contribution is -2.32. The van der Waals surface area contributed by atoms with Crippen molar-refractivity contribution in [1.82, 2.24) is 4.90 Å². The Kier molecular flexibility index (Phi) is 5.61. The number of aliphatic hydroxyl groups excluding tert-OH is 1. The number of amides is 1. The van der Waals surface area contributed by atoms with Crippen LogP contribution in [0.1, 0.15) is 28.6 Å². The first-order chi connectivity index (χ1) is 14.5. The van der Waals surface area contributed by atoms with Crippen molar-refractivity contribution in [1.29, 1.82) is 0 Å². The van der Waals surface area contributed by atoms with Crippen molar-refractivity contribution in [3.63, 3.8) is 0 Å². The van der Waals surface area contributed by atoms with E-state index in [1.165, 1.54) is 4.90 Å². The minimum Gasteiger partial charge on any atom is -0.503 e. The van der Waals surface area contributed by atoms with E-state index in [-0.39, 0.29) is 11.3 Å². The highest BCUT2D eigenvalue weighted by molar-refractivity contribution is 6.31. The van der Waals surface area contributed by atoms with E-state index in [0.29, 0.717) is 35.6 Å². The summed E-state index contributed by atoms with van der Waals surface area (Å²) < 4.78 is 10.8. The zero-order valence-electron chi connectivity index (χ0n) is 16.3. The maximum absolute atomic E-state index is 13.4. The molecule has 0 fully saturated rings. The largest absolute Gasteiger partial charge is 0.503 e. The highest BCUT2D eigenvalue weighted by Gasteiger charge is 2.44. The minimum atomic E-state index is -0.708. The average molecular weight is 426 g/mol. The van der Waals surface area contributed by atoms with E-state index < -0.39 is 23.5 Å². The molecule has 0 spiro atoms. The lowest BCUT2D eigenvalue weighted by atomic mass is 9.95. The van der Waals surface area contributed by atoms with Crippen LogP contribution in [0.2, 0.25) is 5.02 Å². The monoisotopic (exact) mass is 425 g/mol. The summed E-state index contributed by atoms with van der Waals surface area (Å²) in [4.78, 5) is 27.7. The Morgan fingerprint density at radius 2 is 1.97 bits per heavy atom. The molecule has 154 valence electrons. The van der Waals surface area contributed by atoms with Crippen LogP contribution in [0.5, 0.6) is 0 Å². The van der Waals surface area contributed by atoms with Crippen molar-refractivity contribution < 1.29 is 23.8 Å². The fourth-order valence-electron chi connectivity index (χ4n) is 3.74. The standard InChI is InChI=1S/C23H20ClNO5/c1-29-11-5-10-25-20(14-6-3-2-4-7-14)19(22(27)23(25)28)21(26)18-13-15-12-16(24)8-9-17(15)30-18/h2-4,6-9,12-13,20,27H,5,10-11H2,1H3. The quantitative estimate of drug-likeness (QED) is 0.438. The highest BCUT2D eigenvalue weighted by Crippen LogP contribution is 2.39. The summed E-state index contributed by atoms with van der Waals surface area (Å²) >= 11 is 6.02. The number of hydrogen-bond acceptors (Lipinski definition) is 5. The van der Waals surface area contributed by atoms with Gasteiger partial charge in [0.2, 0.25) is 5.78 Å². The van der Waals surface area contributed by atoms with Crippen LogP contribution >= 0.6 is 11.6 Å². The van der Waals surface area contributed by atoms with Crippen molar-refractivity contribution in [3.8, 4) is 0 Å². The van der Waals surface area contributed by atoms with E-state index in [1.807, 2.05) is 30.3 Å². The van der Waals surface area contributed by atoms with Crippen molar-refractivity contribution >= 4 is 34.3 Å². The van der Waals surface area contributed by atoms with Crippen LogP contribution in [0.15, 0.2) is 70.3 Å². The van der Waals surface area contributed by atoms with Gasteiger partial charge in [0, 0.05) is 30.7 Å². The van der Waals surface area contributed by atoms with E-state index >= 15 is 0 Å². The Morgan fingerprint density at radius 3 is 2.70 bits per heavy atom. The number of methoxy groups -OCH3 is 1. The predicted molar refractivity (Wildman–Crippen MR) is 113 cm³/mol. The van der Waals surface area contributed by atoms with Gasteiger partial charge in [0.1, 0.15) is 5.58 Å². The van der Waals surface area contributed by atoms with Gasteiger partial charge in [-0.15, -0.1) is 0 Å². The Bertz CT molecular complexity index is 1130. The fraction of sp³-hybridized carbons (Fsp3) is 0.217. The van der Waals surface area contributed by atoms with Gasteiger partial charge >= 0.3 is 0 Å². The van der Waals surface area contributed by atoms with Gasteiger partial charge in [-0.2, -0.15) is 0 Å². The number of carbonyl (C=O) groups excluding carboxylic acids is 2. The van der Waals surface area contributed by atoms with Gasteiger partial charge in [-0.1, -0.05) is 41.9 Å². The molecule has 0 saturated carbocycles. The zero-order chi connectivity index (χ0) is 21.3. The summed E-state index contributed by atoms with van der Waals surface area (Å²) in [5.41, 5.74) is 1.24. The SMILES string of the molecule is COCCCN1C(=O)C(O)=C(C(=O)c2cc3cc(Cl)ccc3o2)C1c1ccccc1. The summed E-state index contributed by atoms with van der Waals surface area (Å²) in [6.07, 6.45) is 0.573. The van der Waals surface area contributed by atoms with E-state index in [2.05, 4.69) is 0 Å². The first-order valence-corrected chi connectivity index (χ1v) is 9.91. The predicted octanol–water partition coefficient (Wildman–Crippen LogP) is 4.70. The number of halogens is 1. The number of fused-ring (bicyclic) bond motifs is 1. The number of carbonyl (C=O) groups is 2. The third-order valence-electron chi connectivity index (χ3n) is 5.11. The number of Topliss-reactive ketones (excluding diaryl/α,β-unsaturated/α-hetero) is 1. The Hall–Kier alpha value is -3.09. The number of benzene rings is 2. The average Bonchev–Trinajstić information content (AvgIpc) is 3.28. The minimum absolute atomic E-state index is 0.00812. The Balaban J connectivity index is 1.76. The summed E-state index contributed by atoms with van der Waals surface area (Å²) in [6.45, 7) is 0.794. The van der Waals surface area contributed by atoms with Crippen LogP contribution in [-0.2, 0) is 9.53 Å². The number of nitrogens with zero attached hydrogens (tertiary/aromatic N) is 1. The van der Waals surface area contributed by atoms with Crippen LogP contribution in [0.25, 0.3) is 11.0 Å². The molecule has 2 heterocycles. The van der Waals surface area contributed by atoms with Gasteiger partial charge in [-0.3, -0.25) is 9.59 Å². The fourth-order valence-corrected chi connectivity index (χ4v) is 3.92. The molecule has 1 unspecified atom stereocenters.